The molecule has 0 unspecified atom stereocenters. The lowest BCUT2D eigenvalue weighted by Gasteiger charge is -2.36. The van der Waals surface area contributed by atoms with Crippen LogP contribution in [0, 0.1) is 11.6 Å². The highest BCUT2D eigenvalue weighted by Crippen LogP contribution is 2.29. The molecule has 1 aliphatic rings. The minimum Gasteiger partial charge on any atom is -0.453 e. The summed E-state index contributed by atoms with van der Waals surface area (Å²) in [5, 5.41) is 2.95. The summed E-state index contributed by atoms with van der Waals surface area (Å²) >= 11 is 6.35. The fraction of sp³-hybridized carbons (Fsp3) is 0.364. The van der Waals surface area contributed by atoms with Gasteiger partial charge in [-0.05, 0) is 61.6 Å². The van der Waals surface area contributed by atoms with Gasteiger partial charge in [0.05, 0.1) is 7.11 Å². The topological polar surface area (TPSA) is 84.7 Å². The number of rotatable bonds is 5. The number of hydrogen-bond donors (Lipinski definition) is 2. The van der Waals surface area contributed by atoms with Crippen molar-refractivity contribution in [2.45, 2.75) is 44.3 Å². The van der Waals surface area contributed by atoms with E-state index in [1.807, 2.05) is 0 Å². The number of hydrogen-bond acceptors (Lipinski definition) is 4. The number of anilines is 1. The SMILES string of the molecule is COC(=O)Nc1ccc(Cl)c(CN(C(=O)c2cc(F)cc(F)c2)C2CCC(N)CC2)c1. The summed E-state index contributed by atoms with van der Waals surface area (Å²) < 4.78 is 32.1. The van der Waals surface area contributed by atoms with Crippen molar-refractivity contribution in [1.82, 2.24) is 4.90 Å². The first kappa shape index (κ1) is 23.0. The van der Waals surface area contributed by atoms with Gasteiger partial charge in [-0.25, -0.2) is 13.6 Å². The number of nitrogens with one attached hydrogen (secondary N) is 1. The molecular weight excluding hydrogens is 428 g/mol. The van der Waals surface area contributed by atoms with E-state index < -0.39 is 23.6 Å². The maximum absolute atomic E-state index is 13.7. The summed E-state index contributed by atoms with van der Waals surface area (Å²) in [6.07, 6.45) is 2.18. The number of benzene rings is 2. The van der Waals surface area contributed by atoms with Gasteiger partial charge in [0.25, 0.3) is 5.91 Å². The van der Waals surface area contributed by atoms with E-state index >= 15 is 0 Å². The van der Waals surface area contributed by atoms with E-state index in [2.05, 4.69) is 10.1 Å². The zero-order valence-corrected chi connectivity index (χ0v) is 17.8. The zero-order valence-electron chi connectivity index (χ0n) is 17.0. The second kappa shape index (κ2) is 10.1. The molecule has 0 aliphatic heterocycles. The maximum Gasteiger partial charge on any atom is 0.411 e. The van der Waals surface area contributed by atoms with Gasteiger partial charge in [-0.3, -0.25) is 10.1 Å². The van der Waals surface area contributed by atoms with Gasteiger partial charge in [-0.15, -0.1) is 0 Å². The molecule has 3 N–H and O–H groups in total. The van der Waals surface area contributed by atoms with Crippen molar-refractivity contribution >= 4 is 29.3 Å². The molecule has 1 aliphatic carbocycles. The number of amides is 2. The van der Waals surface area contributed by atoms with Crippen LogP contribution in [0.3, 0.4) is 0 Å². The Kier molecular flexibility index (Phi) is 7.46. The Balaban J connectivity index is 1.92. The minimum absolute atomic E-state index is 0.0657. The van der Waals surface area contributed by atoms with E-state index in [1.54, 1.807) is 23.1 Å². The Morgan fingerprint density at radius 3 is 2.39 bits per heavy atom. The van der Waals surface area contributed by atoms with Crippen molar-refractivity contribution in [2.24, 2.45) is 5.73 Å². The summed E-state index contributed by atoms with van der Waals surface area (Å²) in [5.74, 6) is -2.14. The highest BCUT2D eigenvalue weighted by Gasteiger charge is 2.29. The van der Waals surface area contributed by atoms with Gasteiger partial charge >= 0.3 is 6.09 Å². The van der Waals surface area contributed by atoms with Crippen LogP contribution >= 0.6 is 11.6 Å². The molecule has 9 heteroatoms. The predicted octanol–water partition coefficient (Wildman–Crippen LogP) is 4.71. The summed E-state index contributed by atoms with van der Waals surface area (Å²) in [7, 11) is 1.25. The molecule has 0 aromatic heterocycles. The first-order chi connectivity index (χ1) is 14.8. The third-order valence-corrected chi connectivity index (χ3v) is 5.74. The van der Waals surface area contributed by atoms with Crippen LogP contribution in [0.4, 0.5) is 19.3 Å². The van der Waals surface area contributed by atoms with E-state index in [0.717, 1.165) is 31.0 Å². The van der Waals surface area contributed by atoms with Crippen LogP contribution < -0.4 is 11.1 Å². The molecule has 166 valence electrons. The fourth-order valence-corrected chi connectivity index (χ4v) is 3.93. The van der Waals surface area contributed by atoms with Crippen molar-refractivity contribution in [2.75, 3.05) is 12.4 Å². The lowest BCUT2D eigenvalue weighted by molar-refractivity contribution is 0.0605. The van der Waals surface area contributed by atoms with Crippen LogP contribution in [0.2, 0.25) is 5.02 Å². The number of ether oxygens (including phenoxy) is 1. The van der Waals surface area contributed by atoms with Gasteiger partial charge in [-0.1, -0.05) is 11.6 Å². The summed E-state index contributed by atoms with van der Waals surface area (Å²) in [4.78, 5) is 26.4. The van der Waals surface area contributed by atoms with Crippen LogP contribution in [0.1, 0.15) is 41.6 Å². The van der Waals surface area contributed by atoms with Crippen molar-refractivity contribution < 1.29 is 23.1 Å². The van der Waals surface area contributed by atoms with Gasteiger partial charge in [0, 0.05) is 41.0 Å². The normalized spacial score (nSPS) is 18.4. The minimum atomic E-state index is -0.823. The van der Waals surface area contributed by atoms with E-state index in [0.29, 0.717) is 29.1 Å². The smallest absolute Gasteiger partial charge is 0.411 e. The largest absolute Gasteiger partial charge is 0.453 e. The molecule has 1 saturated carbocycles. The van der Waals surface area contributed by atoms with E-state index in [1.165, 1.54) is 7.11 Å². The van der Waals surface area contributed by atoms with Gasteiger partial charge in [0.1, 0.15) is 11.6 Å². The second-order valence-corrected chi connectivity index (χ2v) is 7.99. The predicted molar refractivity (Wildman–Crippen MR) is 114 cm³/mol. The lowest BCUT2D eigenvalue weighted by atomic mass is 9.90. The number of nitrogens with zero attached hydrogens (tertiary/aromatic N) is 1. The molecule has 0 saturated heterocycles. The molecule has 1 fully saturated rings. The Hall–Kier alpha value is -2.71. The van der Waals surface area contributed by atoms with E-state index in [4.69, 9.17) is 17.3 Å². The summed E-state index contributed by atoms with van der Waals surface area (Å²) in [5.41, 5.74) is 6.95. The average molecular weight is 452 g/mol. The molecule has 2 amide bonds. The molecule has 6 nitrogen and oxygen atoms in total. The number of halogens is 3. The highest BCUT2D eigenvalue weighted by molar-refractivity contribution is 6.31. The number of methoxy groups -OCH3 is 1. The standard InChI is InChI=1S/C22H24ClF2N3O3/c1-31-22(30)27-18-4-7-20(23)14(10-18)12-28(19-5-2-17(26)3-6-19)21(29)13-8-15(24)11-16(25)9-13/h4,7-11,17,19H,2-3,5-6,12,26H2,1H3,(H,27,30). The third-order valence-electron chi connectivity index (χ3n) is 5.37. The Morgan fingerprint density at radius 2 is 1.77 bits per heavy atom. The molecular formula is C22H24ClF2N3O3. The molecule has 0 spiro atoms. The van der Waals surface area contributed by atoms with Gasteiger partial charge in [-0.2, -0.15) is 0 Å². The molecule has 2 aromatic rings. The molecule has 3 rings (SSSR count). The Labute approximate surface area is 184 Å². The Bertz CT molecular complexity index is 945. The van der Waals surface area contributed by atoms with E-state index in [-0.39, 0.29) is 24.2 Å². The Morgan fingerprint density at radius 1 is 1.13 bits per heavy atom. The van der Waals surface area contributed by atoms with Gasteiger partial charge < -0.3 is 15.4 Å². The quantitative estimate of drug-likeness (QED) is 0.689. The molecule has 0 heterocycles. The van der Waals surface area contributed by atoms with Crippen LogP contribution in [-0.2, 0) is 11.3 Å². The molecule has 31 heavy (non-hydrogen) atoms. The third kappa shape index (κ3) is 5.92. The number of nitrogens with two attached hydrogens (primary N) is 1. The van der Waals surface area contributed by atoms with Crippen LogP contribution in [0.25, 0.3) is 0 Å². The number of carbonyl (C=O) groups excluding carboxylic acids is 2. The fourth-order valence-electron chi connectivity index (χ4n) is 3.75. The van der Waals surface area contributed by atoms with Crippen molar-refractivity contribution in [3.63, 3.8) is 0 Å². The van der Waals surface area contributed by atoms with Gasteiger partial charge in [0.15, 0.2) is 0 Å². The van der Waals surface area contributed by atoms with Crippen molar-refractivity contribution in [3.05, 3.63) is 64.2 Å². The van der Waals surface area contributed by atoms with Crippen molar-refractivity contribution in [3.8, 4) is 0 Å². The van der Waals surface area contributed by atoms with Crippen LogP contribution in [0.5, 0.6) is 0 Å². The second-order valence-electron chi connectivity index (χ2n) is 7.58. The highest BCUT2D eigenvalue weighted by atomic mass is 35.5. The summed E-state index contributed by atoms with van der Waals surface area (Å²) in [6.45, 7) is 0.104. The average Bonchev–Trinajstić information content (AvgIpc) is 2.73. The van der Waals surface area contributed by atoms with Crippen LogP contribution in [-0.4, -0.2) is 36.1 Å². The molecule has 2 aromatic carbocycles. The summed E-state index contributed by atoms with van der Waals surface area (Å²) in [6, 6.07) is 7.51. The number of carbonyl (C=O) groups is 2. The van der Waals surface area contributed by atoms with Crippen LogP contribution in [0.15, 0.2) is 36.4 Å². The zero-order chi connectivity index (χ0) is 22.5. The molecule has 0 radical (unpaired) electrons. The molecule has 0 bridgehead atoms. The van der Waals surface area contributed by atoms with E-state index in [9.17, 15) is 18.4 Å². The monoisotopic (exact) mass is 451 g/mol. The van der Waals surface area contributed by atoms with Crippen molar-refractivity contribution in [1.29, 1.82) is 0 Å². The first-order valence-corrected chi connectivity index (χ1v) is 10.3. The molecule has 0 atom stereocenters. The lowest BCUT2D eigenvalue weighted by Crippen LogP contribution is -2.44. The van der Waals surface area contributed by atoms with Gasteiger partial charge in [0.2, 0.25) is 0 Å². The first-order valence-electron chi connectivity index (χ1n) is 9.93. The maximum atomic E-state index is 13.7.